The molecule has 0 unspecified atom stereocenters. The molecule has 0 saturated carbocycles. The van der Waals surface area contributed by atoms with Crippen molar-refractivity contribution in [2.75, 3.05) is 6.54 Å². The smallest absolute Gasteiger partial charge is 0.407 e. The number of aryl methyl sites for hydroxylation is 1. The van der Waals surface area contributed by atoms with Crippen molar-refractivity contribution in [3.05, 3.63) is 29.8 Å². The number of carbonyl (C=O) groups is 2. The maximum absolute atomic E-state index is 11.5. The Labute approximate surface area is 138 Å². The minimum Gasteiger partial charge on any atom is -0.444 e. The highest BCUT2D eigenvalue weighted by molar-refractivity contribution is 5.72. The van der Waals surface area contributed by atoms with E-state index in [-0.39, 0.29) is 5.97 Å². The van der Waals surface area contributed by atoms with Gasteiger partial charge in [-0.3, -0.25) is 4.79 Å². The summed E-state index contributed by atoms with van der Waals surface area (Å²) in [5.41, 5.74) is 0.654. The van der Waals surface area contributed by atoms with Gasteiger partial charge < -0.3 is 14.8 Å². The third kappa shape index (κ3) is 8.86. The fourth-order valence-electron chi connectivity index (χ4n) is 1.91. The molecular weight excluding hydrogens is 294 g/mol. The van der Waals surface area contributed by atoms with Crippen LogP contribution in [0.15, 0.2) is 24.3 Å². The van der Waals surface area contributed by atoms with Gasteiger partial charge in [-0.15, -0.1) is 0 Å². The number of nitrogens with one attached hydrogen (secondary N) is 1. The highest BCUT2D eigenvalue weighted by atomic mass is 16.6. The summed E-state index contributed by atoms with van der Waals surface area (Å²) in [7, 11) is 0. The zero-order valence-electron chi connectivity index (χ0n) is 14.5. The largest absolute Gasteiger partial charge is 0.444 e. The first-order chi connectivity index (χ1) is 10.8. The number of esters is 1. The summed E-state index contributed by atoms with van der Waals surface area (Å²) in [6.45, 7) is 8.00. The van der Waals surface area contributed by atoms with Crippen molar-refractivity contribution in [3.8, 4) is 5.75 Å². The first-order valence-corrected chi connectivity index (χ1v) is 8.06. The molecule has 1 N–H and O–H groups in total. The van der Waals surface area contributed by atoms with E-state index in [9.17, 15) is 9.59 Å². The number of benzene rings is 1. The maximum Gasteiger partial charge on any atom is 0.407 e. The molecule has 23 heavy (non-hydrogen) atoms. The molecule has 1 aromatic carbocycles. The second-order valence-electron chi connectivity index (χ2n) is 6.40. The molecule has 5 heteroatoms. The van der Waals surface area contributed by atoms with Crippen molar-refractivity contribution >= 4 is 12.1 Å². The van der Waals surface area contributed by atoms with Gasteiger partial charge in [0.05, 0.1) is 0 Å². The molecule has 0 spiro atoms. The van der Waals surface area contributed by atoms with Gasteiger partial charge in [-0.05, 0) is 57.7 Å². The summed E-state index contributed by atoms with van der Waals surface area (Å²) in [5.74, 6) is 0.362. The molecule has 1 aromatic rings. The Balaban J connectivity index is 2.28. The zero-order chi connectivity index (χ0) is 17.3. The van der Waals surface area contributed by atoms with E-state index in [2.05, 4.69) is 5.32 Å². The van der Waals surface area contributed by atoms with E-state index in [1.54, 1.807) is 12.1 Å². The fraction of sp³-hybridized carbons (Fsp3) is 0.556. The minimum absolute atomic E-state index is 0.207. The highest BCUT2D eigenvalue weighted by Crippen LogP contribution is 2.14. The standard InChI is InChI=1S/C18H27NO4/c1-5-7-16(20)22-15-11-9-14(10-12-15)8-6-13-19-17(21)23-18(2,3)4/h9-12H,5-8,13H2,1-4H3,(H,19,21). The van der Waals surface area contributed by atoms with E-state index >= 15 is 0 Å². The fourth-order valence-corrected chi connectivity index (χ4v) is 1.91. The molecule has 0 aliphatic rings. The average molecular weight is 321 g/mol. The third-order valence-electron chi connectivity index (χ3n) is 2.92. The van der Waals surface area contributed by atoms with E-state index in [1.165, 1.54) is 0 Å². The summed E-state index contributed by atoms with van der Waals surface area (Å²) >= 11 is 0. The Morgan fingerprint density at radius 1 is 1.13 bits per heavy atom. The van der Waals surface area contributed by atoms with Crippen LogP contribution in [0.4, 0.5) is 4.79 Å². The zero-order valence-corrected chi connectivity index (χ0v) is 14.5. The van der Waals surface area contributed by atoms with Crippen LogP contribution < -0.4 is 10.1 Å². The number of ether oxygens (including phenoxy) is 2. The van der Waals surface area contributed by atoms with Gasteiger partial charge in [0.2, 0.25) is 0 Å². The number of carbonyl (C=O) groups excluding carboxylic acids is 2. The highest BCUT2D eigenvalue weighted by Gasteiger charge is 2.15. The van der Waals surface area contributed by atoms with E-state index in [0.717, 1.165) is 24.8 Å². The van der Waals surface area contributed by atoms with E-state index in [0.29, 0.717) is 18.7 Å². The van der Waals surface area contributed by atoms with Crippen LogP contribution in [0.3, 0.4) is 0 Å². The lowest BCUT2D eigenvalue weighted by Gasteiger charge is -2.19. The van der Waals surface area contributed by atoms with Crippen molar-refractivity contribution in [3.63, 3.8) is 0 Å². The average Bonchev–Trinajstić information content (AvgIpc) is 2.43. The lowest BCUT2D eigenvalue weighted by atomic mass is 10.1. The first kappa shape index (κ1) is 19.0. The van der Waals surface area contributed by atoms with Crippen molar-refractivity contribution in [1.82, 2.24) is 5.32 Å². The molecule has 0 aliphatic heterocycles. The van der Waals surface area contributed by atoms with Crippen molar-refractivity contribution in [1.29, 1.82) is 0 Å². The van der Waals surface area contributed by atoms with Crippen molar-refractivity contribution in [2.24, 2.45) is 0 Å². The summed E-state index contributed by atoms with van der Waals surface area (Å²) in [5, 5.41) is 2.73. The molecule has 0 aliphatic carbocycles. The number of amides is 1. The lowest BCUT2D eigenvalue weighted by Crippen LogP contribution is -2.33. The van der Waals surface area contributed by atoms with Crippen LogP contribution in [0.25, 0.3) is 0 Å². The number of alkyl carbamates (subject to hydrolysis) is 1. The van der Waals surface area contributed by atoms with Crippen LogP contribution in [0.5, 0.6) is 5.75 Å². The topological polar surface area (TPSA) is 64.6 Å². The quantitative estimate of drug-likeness (QED) is 0.471. The summed E-state index contributed by atoms with van der Waals surface area (Å²) in [6.07, 6.45) is 2.46. The van der Waals surface area contributed by atoms with Gasteiger partial charge in [0.15, 0.2) is 0 Å². The van der Waals surface area contributed by atoms with Crippen LogP contribution in [0.2, 0.25) is 0 Å². The van der Waals surface area contributed by atoms with Crippen LogP contribution in [-0.4, -0.2) is 24.2 Å². The van der Waals surface area contributed by atoms with Crippen LogP contribution in [0.1, 0.15) is 52.5 Å². The van der Waals surface area contributed by atoms with E-state index < -0.39 is 11.7 Å². The molecule has 0 aromatic heterocycles. The molecule has 128 valence electrons. The third-order valence-corrected chi connectivity index (χ3v) is 2.92. The summed E-state index contributed by atoms with van der Waals surface area (Å²) in [4.78, 5) is 22.9. The molecule has 0 fully saturated rings. The number of hydrogen-bond acceptors (Lipinski definition) is 4. The maximum atomic E-state index is 11.5. The van der Waals surface area contributed by atoms with Gasteiger partial charge in [-0.25, -0.2) is 4.79 Å². The van der Waals surface area contributed by atoms with Crippen LogP contribution >= 0.6 is 0 Å². The second-order valence-corrected chi connectivity index (χ2v) is 6.40. The molecule has 0 bridgehead atoms. The number of hydrogen-bond donors (Lipinski definition) is 1. The molecule has 0 heterocycles. The predicted molar refractivity (Wildman–Crippen MR) is 89.5 cm³/mol. The van der Waals surface area contributed by atoms with E-state index in [4.69, 9.17) is 9.47 Å². The molecule has 1 amide bonds. The monoisotopic (exact) mass is 321 g/mol. The summed E-state index contributed by atoms with van der Waals surface area (Å²) < 4.78 is 10.4. The van der Waals surface area contributed by atoms with Gasteiger partial charge in [-0.2, -0.15) is 0 Å². The Bertz CT molecular complexity index is 503. The Morgan fingerprint density at radius 2 is 1.78 bits per heavy atom. The molecule has 0 atom stereocenters. The van der Waals surface area contributed by atoms with Gasteiger partial charge in [0.1, 0.15) is 11.4 Å². The molecule has 5 nitrogen and oxygen atoms in total. The summed E-state index contributed by atoms with van der Waals surface area (Å²) in [6, 6.07) is 7.46. The molecule has 1 rings (SSSR count). The Morgan fingerprint density at radius 3 is 2.35 bits per heavy atom. The van der Waals surface area contributed by atoms with E-state index in [1.807, 2.05) is 39.8 Å². The lowest BCUT2D eigenvalue weighted by molar-refractivity contribution is -0.134. The van der Waals surface area contributed by atoms with Gasteiger partial charge in [0, 0.05) is 13.0 Å². The van der Waals surface area contributed by atoms with Crippen LogP contribution in [0, 0.1) is 0 Å². The molecule has 0 saturated heterocycles. The normalized spacial score (nSPS) is 11.0. The Kier molecular flexibility index (Phi) is 7.59. The van der Waals surface area contributed by atoms with Gasteiger partial charge in [0.25, 0.3) is 0 Å². The SMILES string of the molecule is CCCC(=O)Oc1ccc(CCCNC(=O)OC(C)(C)C)cc1. The predicted octanol–water partition coefficient (Wildman–Crippen LogP) is 3.85. The van der Waals surface area contributed by atoms with Crippen molar-refractivity contribution in [2.45, 2.75) is 59.0 Å². The molecule has 0 radical (unpaired) electrons. The van der Waals surface area contributed by atoms with Crippen LogP contribution in [-0.2, 0) is 16.0 Å². The Hall–Kier alpha value is -2.04. The molecular formula is C18H27NO4. The minimum atomic E-state index is -0.477. The second kappa shape index (κ2) is 9.18. The van der Waals surface area contributed by atoms with Crippen molar-refractivity contribution < 1.29 is 19.1 Å². The van der Waals surface area contributed by atoms with Gasteiger partial charge in [-0.1, -0.05) is 19.1 Å². The first-order valence-electron chi connectivity index (χ1n) is 8.06. The number of rotatable bonds is 7. The van der Waals surface area contributed by atoms with Gasteiger partial charge >= 0.3 is 12.1 Å².